The molecular weight excluding hydrogens is 322 g/mol. The first-order valence-corrected chi connectivity index (χ1v) is 8.20. The molecule has 0 saturated carbocycles. The van der Waals surface area contributed by atoms with E-state index in [0.717, 1.165) is 16.5 Å². The number of carbonyl (C=O) groups is 3. The molecule has 0 radical (unpaired) electrons. The van der Waals surface area contributed by atoms with Gasteiger partial charge in [-0.05, 0) is 24.0 Å². The maximum Gasteiger partial charge on any atom is 0.326 e. The molecule has 7 heteroatoms. The summed E-state index contributed by atoms with van der Waals surface area (Å²) in [5.41, 5.74) is 1.79. The Bertz CT molecular complexity index is 767. The number of hydrogen-bond donors (Lipinski definition) is 4. The summed E-state index contributed by atoms with van der Waals surface area (Å²) in [6.45, 7) is 3.51. The molecule has 0 aliphatic heterocycles. The number of para-hydroxylation sites is 1. The maximum atomic E-state index is 12.0. The quantitative estimate of drug-likeness (QED) is 0.580. The molecular formula is C18H23N3O4. The van der Waals surface area contributed by atoms with Gasteiger partial charge in [-0.25, -0.2) is 4.79 Å². The van der Waals surface area contributed by atoms with Gasteiger partial charge in [0, 0.05) is 17.1 Å². The molecule has 1 atom stereocenters. The second kappa shape index (κ2) is 8.32. The molecule has 1 heterocycles. The van der Waals surface area contributed by atoms with Gasteiger partial charge in [0.15, 0.2) is 0 Å². The lowest BCUT2D eigenvalue weighted by Gasteiger charge is -2.16. The topological polar surface area (TPSA) is 111 Å². The van der Waals surface area contributed by atoms with Crippen LogP contribution in [0.1, 0.15) is 25.8 Å². The van der Waals surface area contributed by atoms with Crippen molar-refractivity contribution >= 4 is 28.7 Å². The number of carboxylic acid groups (broad SMARTS) is 1. The van der Waals surface area contributed by atoms with Crippen LogP contribution in [0.2, 0.25) is 0 Å². The minimum absolute atomic E-state index is 0.137. The van der Waals surface area contributed by atoms with Crippen molar-refractivity contribution in [2.45, 2.75) is 32.7 Å². The minimum atomic E-state index is -1.08. The molecule has 25 heavy (non-hydrogen) atoms. The highest BCUT2D eigenvalue weighted by Crippen LogP contribution is 2.17. The average molecular weight is 345 g/mol. The zero-order valence-electron chi connectivity index (χ0n) is 14.3. The summed E-state index contributed by atoms with van der Waals surface area (Å²) >= 11 is 0. The molecule has 134 valence electrons. The fourth-order valence-electron chi connectivity index (χ4n) is 2.63. The van der Waals surface area contributed by atoms with Crippen LogP contribution in [0, 0.1) is 5.92 Å². The highest BCUT2D eigenvalue weighted by Gasteiger charge is 2.21. The van der Waals surface area contributed by atoms with E-state index in [1.54, 1.807) is 6.20 Å². The lowest BCUT2D eigenvalue weighted by atomic mass is 10.0. The van der Waals surface area contributed by atoms with Gasteiger partial charge in [0.05, 0.1) is 13.0 Å². The van der Waals surface area contributed by atoms with E-state index in [1.807, 2.05) is 38.1 Å². The summed E-state index contributed by atoms with van der Waals surface area (Å²) in [5.74, 6) is -1.75. The Labute approximate surface area is 145 Å². The largest absolute Gasteiger partial charge is 0.480 e. The van der Waals surface area contributed by atoms with Crippen molar-refractivity contribution in [3.05, 3.63) is 36.0 Å². The number of aromatic amines is 1. The van der Waals surface area contributed by atoms with E-state index in [-0.39, 0.29) is 24.8 Å². The summed E-state index contributed by atoms with van der Waals surface area (Å²) in [7, 11) is 0. The van der Waals surface area contributed by atoms with Gasteiger partial charge < -0.3 is 20.7 Å². The first-order valence-electron chi connectivity index (χ1n) is 8.20. The fourth-order valence-corrected chi connectivity index (χ4v) is 2.63. The predicted molar refractivity (Wildman–Crippen MR) is 94.0 cm³/mol. The van der Waals surface area contributed by atoms with Gasteiger partial charge in [-0.1, -0.05) is 32.0 Å². The van der Waals surface area contributed by atoms with Crippen molar-refractivity contribution in [2.75, 3.05) is 6.54 Å². The van der Waals surface area contributed by atoms with Crippen molar-refractivity contribution in [3.63, 3.8) is 0 Å². The molecule has 4 N–H and O–H groups in total. The van der Waals surface area contributed by atoms with Gasteiger partial charge in [-0.3, -0.25) is 9.59 Å². The minimum Gasteiger partial charge on any atom is -0.480 e. The number of amides is 2. The van der Waals surface area contributed by atoms with Crippen LogP contribution in [0.25, 0.3) is 10.9 Å². The number of fused-ring (bicyclic) bond motifs is 1. The third-order valence-corrected chi connectivity index (χ3v) is 3.81. The predicted octanol–water partition coefficient (Wildman–Crippen LogP) is 1.44. The normalized spacial score (nSPS) is 12.1. The van der Waals surface area contributed by atoms with E-state index in [2.05, 4.69) is 15.6 Å². The van der Waals surface area contributed by atoms with Gasteiger partial charge in [0.25, 0.3) is 0 Å². The zero-order chi connectivity index (χ0) is 18.4. The Morgan fingerprint density at radius 1 is 1.16 bits per heavy atom. The molecule has 0 spiro atoms. The van der Waals surface area contributed by atoms with Crippen molar-refractivity contribution in [2.24, 2.45) is 5.92 Å². The van der Waals surface area contributed by atoms with Gasteiger partial charge in [0.1, 0.15) is 6.04 Å². The number of aromatic nitrogens is 1. The molecule has 2 rings (SSSR count). The number of carboxylic acids is 1. The van der Waals surface area contributed by atoms with Gasteiger partial charge in [-0.15, -0.1) is 0 Å². The number of nitrogens with one attached hydrogen (secondary N) is 3. The Balaban J connectivity index is 1.84. The number of H-pyrrole nitrogens is 1. The third-order valence-electron chi connectivity index (χ3n) is 3.81. The van der Waals surface area contributed by atoms with Gasteiger partial charge in [-0.2, -0.15) is 0 Å². The number of aliphatic carboxylic acids is 1. The maximum absolute atomic E-state index is 12.0. The molecule has 0 aliphatic rings. The Kier molecular flexibility index (Phi) is 6.16. The highest BCUT2D eigenvalue weighted by molar-refractivity contribution is 5.91. The second-order valence-corrected chi connectivity index (χ2v) is 6.40. The van der Waals surface area contributed by atoms with E-state index in [4.69, 9.17) is 5.11 Å². The fraction of sp³-hybridized carbons (Fsp3) is 0.389. The summed E-state index contributed by atoms with van der Waals surface area (Å²) < 4.78 is 0. The summed E-state index contributed by atoms with van der Waals surface area (Å²) in [4.78, 5) is 38.1. The highest BCUT2D eigenvalue weighted by atomic mass is 16.4. The van der Waals surface area contributed by atoms with Crippen LogP contribution in [-0.2, 0) is 20.8 Å². The van der Waals surface area contributed by atoms with E-state index in [0.29, 0.717) is 6.42 Å². The van der Waals surface area contributed by atoms with E-state index in [1.165, 1.54) is 0 Å². The summed E-state index contributed by atoms with van der Waals surface area (Å²) in [5, 5.41) is 15.0. The first-order chi connectivity index (χ1) is 11.9. The van der Waals surface area contributed by atoms with Gasteiger partial charge in [0.2, 0.25) is 11.8 Å². The second-order valence-electron chi connectivity index (χ2n) is 6.40. The van der Waals surface area contributed by atoms with Crippen LogP contribution in [0.3, 0.4) is 0 Å². The molecule has 0 aliphatic carbocycles. The Morgan fingerprint density at radius 3 is 2.56 bits per heavy atom. The monoisotopic (exact) mass is 345 g/mol. The van der Waals surface area contributed by atoms with Crippen LogP contribution in [-0.4, -0.2) is 40.5 Å². The smallest absolute Gasteiger partial charge is 0.326 e. The van der Waals surface area contributed by atoms with Crippen LogP contribution < -0.4 is 10.6 Å². The number of rotatable bonds is 8. The van der Waals surface area contributed by atoms with E-state index >= 15 is 0 Å². The van der Waals surface area contributed by atoms with Crippen LogP contribution in [0.4, 0.5) is 0 Å². The first kappa shape index (κ1) is 18.5. The number of hydrogen-bond acceptors (Lipinski definition) is 3. The van der Waals surface area contributed by atoms with Gasteiger partial charge >= 0.3 is 5.97 Å². The molecule has 2 amide bonds. The molecule has 2 aromatic rings. The average Bonchev–Trinajstić information content (AvgIpc) is 2.95. The summed E-state index contributed by atoms with van der Waals surface area (Å²) in [6, 6.07) is 6.70. The number of benzene rings is 1. The molecule has 0 bridgehead atoms. The molecule has 0 fully saturated rings. The lowest BCUT2D eigenvalue weighted by molar-refractivity contribution is -0.142. The van der Waals surface area contributed by atoms with E-state index in [9.17, 15) is 14.4 Å². The standard InChI is InChI=1S/C18H23N3O4/c1-11(2)7-15(18(24)25)21-17(23)10-20-16(22)8-12-9-19-14-6-4-3-5-13(12)14/h3-6,9,11,15,19H,7-8,10H2,1-2H3,(H,20,22)(H,21,23)(H,24,25)/t15-/m0/s1. The molecule has 0 unspecified atom stereocenters. The van der Waals surface area contributed by atoms with Crippen molar-refractivity contribution in [3.8, 4) is 0 Å². The van der Waals surface area contributed by atoms with Crippen molar-refractivity contribution < 1.29 is 19.5 Å². The SMILES string of the molecule is CC(C)C[C@H](NC(=O)CNC(=O)Cc1c[nH]c2ccccc12)C(=O)O. The molecule has 1 aromatic heterocycles. The van der Waals surface area contributed by atoms with Crippen LogP contribution in [0.15, 0.2) is 30.5 Å². The van der Waals surface area contributed by atoms with Crippen molar-refractivity contribution in [1.29, 1.82) is 0 Å². The molecule has 1 aromatic carbocycles. The lowest BCUT2D eigenvalue weighted by Crippen LogP contribution is -2.46. The van der Waals surface area contributed by atoms with Crippen molar-refractivity contribution in [1.82, 2.24) is 15.6 Å². The Hall–Kier alpha value is -2.83. The van der Waals surface area contributed by atoms with Crippen LogP contribution in [0.5, 0.6) is 0 Å². The zero-order valence-corrected chi connectivity index (χ0v) is 14.3. The van der Waals surface area contributed by atoms with Crippen LogP contribution >= 0.6 is 0 Å². The van der Waals surface area contributed by atoms with E-state index < -0.39 is 17.9 Å². The summed E-state index contributed by atoms with van der Waals surface area (Å²) in [6.07, 6.45) is 2.25. The third kappa shape index (κ3) is 5.34. The molecule has 0 saturated heterocycles. The molecule has 7 nitrogen and oxygen atoms in total. The number of carbonyl (C=O) groups excluding carboxylic acids is 2. The Morgan fingerprint density at radius 2 is 1.88 bits per heavy atom.